The van der Waals surface area contributed by atoms with Gasteiger partial charge in [-0.3, -0.25) is 14.4 Å². The molecule has 0 unspecified atom stereocenters. The summed E-state index contributed by atoms with van der Waals surface area (Å²) in [6.07, 6.45) is 3.93. The summed E-state index contributed by atoms with van der Waals surface area (Å²) in [6.45, 7) is 16.9. The Balaban J connectivity index is -0.000000285. The number of carboxylic acids is 3. The largest absolute Gasteiger partial charge is 3.00 e. The number of carbonyl (C=O) groups excluding carboxylic acids is 6. The Morgan fingerprint density at radius 3 is 0.696 bits per heavy atom. The van der Waals surface area contributed by atoms with Crippen molar-refractivity contribution in [3.05, 3.63) is 0 Å². The molecule has 0 atom stereocenters. The van der Waals surface area contributed by atoms with Gasteiger partial charge in [0, 0.05) is 19.8 Å². The molecule has 0 fully saturated rings. The predicted molar refractivity (Wildman–Crippen MR) is 168 cm³/mol. The fraction of sp³-hybridized carbons (Fsp3) is 0.818. The number of carbonyl (C=O) groups is 6. The van der Waals surface area contributed by atoms with E-state index in [1.807, 2.05) is 20.8 Å². The van der Waals surface area contributed by atoms with Crippen molar-refractivity contribution in [3.8, 4) is 0 Å². The quantitative estimate of drug-likeness (QED) is 0.0788. The molecule has 0 aromatic carbocycles. The van der Waals surface area contributed by atoms with Crippen molar-refractivity contribution in [2.24, 2.45) is 16.2 Å². The minimum absolute atomic E-state index is 0. The summed E-state index contributed by atoms with van der Waals surface area (Å²) < 4.78 is 15.2. The number of ketones is 3. The topological polar surface area (TPSA) is 199 Å². The van der Waals surface area contributed by atoms with Crippen molar-refractivity contribution in [2.75, 3.05) is 39.6 Å². The molecule has 0 radical (unpaired) electrons. The van der Waals surface area contributed by atoms with Crippen LogP contribution >= 0.6 is 0 Å². The summed E-state index contributed by atoms with van der Waals surface area (Å²) in [5.41, 5.74) is -4.10. The zero-order valence-corrected chi connectivity index (χ0v) is 32.0. The van der Waals surface area contributed by atoms with Crippen LogP contribution in [0.25, 0.3) is 0 Å². The van der Waals surface area contributed by atoms with Crippen LogP contribution in [0, 0.1) is 16.2 Å². The van der Waals surface area contributed by atoms with Gasteiger partial charge < -0.3 is 43.9 Å². The fourth-order valence-corrected chi connectivity index (χ4v) is 4.48. The predicted octanol–water partition coefficient (Wildman–Crippen LogP) is 1.23. The number of Topliss-reactive ketones (excluding diaryl/α,β-unsaturated/α-hetero) is 3. The van der Waals surface area contributed by atoms with Crippen molar-refractivity contribution in [2.45, 2.75) is 120 Å². The van der Waals surface area contributed by atoms with Crippen molar-refractivity contribution in [1.29, 1.82) is 0 Å². The van der Waals surface area contributed by atoms with Gasteiger partial charge in [0.1, 0.15) is 19.8 Å². The molecule has 0 amide bonds. The van der Waals surface area contributed by atoms with Crippen molar-refractivity contribution >= 4 is 55.0 Å². The number of hydrogen-bond acceptors (Lipinski definition) is 12. The third-order valence-electron chi connectivity index (χ3n) is 8.14. The van der Waals surface area contributed by atoms with Crippen LogP contribution in [-0.2, 0) is 43.0 Å². The third-order valence-corrected chi connectivity index (χ3v) is 8.14. The van der Waals surface area contributed by atoms with Crippen LogP contribution in [-0.4, -0.2) is 94.7 Å². The molecule has 0 saturated carbocycles. The molecule has 0 heterocycles. The van der Waals surface area contributed by atoms with Crippen LogP contribution in [0.3, 0.4) is 0 Å². The van der Waals surface area contributed by atoms with E-state index in [0.717, 1.165) is 19.3 Å². The summed E-state index contributed by atoms with van der Waals surface area (Å²) in [6, 6.07) is 0. The molecular formula is C33H57GaO12. The first-order chi connectivity index (χ1) is 21.1. The van der Waals surface area contributed by atoms with Gasteiger partial charge in [-0.2, -0.15) is 0 Å². The van der Waals surface area contributed by atoms with Crippen LogP contribution in [0.2, 0.25) is 0 Å². The number of rotatable bonds is 24. The van der Waals surface area contributed by atoms with E-state index in [9.17, 15) is 44.1 Å². The smallest absolute Gasteiger partial charge is 0.549 e. The van der Waals surface area contributed by atoms with E-state index in [0.29, 0.717) is 19.8 Å². The van der Waals surface area contributed by atoms with E-state index < -0.39 is 34.2 Å². The van der Waals surface area contributed by atoms with Crippen LogP contribution in [0.15, 0.2) is 0 Å². The SMILES string of the molecule is CCCOCC(=O)C(CC)(CC)C(=O)[O-].CCCOCC(=O)C(CC)(CC)C(=O)[O-].CCCOCC(=O)C(CC)(CC)C(=O)[O-].[Ga+3]. The second-order valence-corrected chi connectivity index (χ2v) is 10.7. The second kappa shape index (κ2) is 28.0. The van der Waals surface area contributed by atoms with Gasteiger partial charge in [-0.25, -0.2) is 0 Å². The molecule has 0 aliphatic heterocycles. The Morgan fingerprint density at radius 1 is 0.413 bits per heavy atom. The number of aliphatic carboxylic acids is 3. The van der Waals surface area contributed by atoms with Crippen LogP contribution in [0.5, 0.6) is 0 Å². The normalized spacial score (nSPS) is 11.2. The third kappa shape index (κ3) is 15.7. The summed E-state index contributed by atoms with van der Waals surface area (Å²) in [5, 5.41) is 32.9. The van der Waals surface area contributed by atoms with Gasteiger partial charge in [-0.15, -0.1) is 0 Å². The minimum Gasteiger partial charge on any atom is -0.549 e. The minimum atomic E-state index is -1.37. The maximum Gasteiger partial charge on any atom is 3.00 e. The summed E-state index contributed by atoms with van der Waals surface area (Å²) >= 11 is 0. The molecule has 0 aliphatic carbocycles. The van der Waals surface area contributed by atoms with Crippen LogP contribution in [0.1, 0.15) is 120 Å². The first-order valence-electron chi connectivity index (χ1n) is 16.1. The van der Waals surface area contributed by atoms with Crippen molar-refractivity contribution in [1.82, 2.24) is 0 Å². The van der Waals surface area contributed by atoms with Gasteiger partial charge in [0.15, 0.2) is 17.3 Å². The summed E-state index contributed by atoms with van der Waals surface area (Å²) in [4.78, 5) is 68.0. The Morgan fingerprint density at radius 2 is 0.587 bits per heavy atom. The van der Waals surface area contributed by atoms with E-state index in [1.165, 1.54) is 0 Å². The molecule has 264 valence electrons. The van der Waals surface area contributed by atoms with Gasteiger partial charge >= 0.3 is 19.8 Å². The maximum absolute atomic E-state index is 11.7. The van der Waals surface area contributed by atoms with Gasteiger partial charge in [0.25, 0.3) is 0 Å². The van der Waals surface area contributed by atoms with E-state index in [4.69, 9.17) is 14.2 Å². The molecule has 0 aromatic rings. The Hall–Kier alpha value is -2.06. The monoisotopic (exact) mass is 714 g/mol. The van der Waals surface area contributed by atoms with E-state index >= 15 is 0 Å². The molecule has 0 bridgehead atoms. The van der Waals surface area contributed by atoms with Crippen molar-refractivity contribution < 1.29 is 58.3 Å². The standard InChI is InChI=1S/3C11H20O4.Ga/c3*1-4-7-15-8-9(12)11(5-2,6-3)10(13)14;/h3*4-8H2,1-3H3,(H,13,14);/q;;;+3/p-3. The summed E-state index contributed by atoms with van der Waals surface area (Å²) in [7, 11) is 0. The average molecular weight is 716 g/mol. The molecular weight excluding hydrogens is 658 g/mol. The van der Waals surface area contributed by atoms with E-state index in [-0.39, 0.29) is 95.5 Å². The molecule has 0 saturated heterocycles. The number of hydrogen-bond donors (Lipinski definition) is 0. The molecule has 0 aliphatic rings. The van der Waals surface area contributed by atoms with Crippen LogP contribution < -0.4 is 15.3 Å². The molecule has 0 rings (SSSR count). The second-order valence-electron chi connectivity index (χ2n) is 10.7. The van der Waals surface area contributed by atoms with E-state index in [2.05, 4.69) is 0 Å². The molecule has 0 spiro atoms. The Bertz CT molecular complexity index is 777. The van der Waals surface area contributed by atoms with Gasteiger partial charge in [0.2, 0.25) is 0 Å². The first kappa shape index (κ1) is 50.8. The molecule has 12 nitrogen and oxygen atoms in total. The zero-order chi connectivity index (χ0) is 35.7. The maximum atomic E-state index is 11.7. The first-order valence-corrected chi connectivity index (χ1v) is 16.1. The number of carboxylic acid groups (broad SMARTS) is 3. The molecule has 0 N–H and O–H groups in total. The van der Waals surface area contributed by atoms with Gasteiger partial charge in [-0.05, 0) is 57.8 Å². The Kier molecular flexibility index (Phi) is 30.9. The van der Waals surface area contributed by atoms with Gasteiger partial charge in [-0.1, -0.05) is 62.3 Å². The fourth-order valence-electron chi connectivity index (χ4n) is 4.48. The van der Waals surface area contributed by atoms with Gasteiger partial charge in [0.05, 0.1) is 34.2 Å². The van der Waals surface area contributed by atoms with E-state index in [1.54, 1.807) is 41.5 Å². The summed E-state index contributed by atoms with van der Waals surface area (Å²) in [5.74, 6) is -5.05. The van der Waals surface area contributed by atoms with Crippen LogP contribution in [0.4, 0.5) is 0 Å². The zero-order valence-electron chi connectivity index (χ0n) is 29.6. The average Bonchev–Trinajstić information content (AvgIpc) is 3.00. The number of ether oxygens (including phenoxy) is 3. The molecule has 13 heteroatoms. The molecule has 46 heavy (non-hydrogen) atoms. The molecule has 0 aromatic heterocycles. The Labute approximate surface area is 288 Å². The van der Waals surface area contributed by atoms with Crippen molar-refractivity contribution in [3.63, 3.8) is 0 Å².